The molecule has 1 fully saturated rings. The molecular formula is C12H13F3N2O2. The molecule has 1 aromatic carbocycles. The number of halogens is 3. The minimum Gasteiger partial charge on any atom is -0.398 e. The molecule has 0 aromatic heterocycles. The SMILES string of the molecule is Nc1ccc(C(F)(F)F)cc1C(=O)N1CCOCC1. The van der Waals surface area contributed by atoms with Crippen LogP contribution in [0.1, 0.15) is 15.9 Å². The number of nitrogen functional groups attached to an aromatic ring is 1. The second-order valence-corrected chi connectivity index (χ2v) is 4.20. The maximum absolute atomic E-state index is 12.6. The first-order valence-corrected chi connectivity index (χ1v) is 5.73. The number of carbonyl (C=O) groups excluding carboxylic acids is 1. The minimum atomic E-state index is -4.49. The highest BCUT2D eigenvalue weighted by Gasteiger charge is 2.32. The molecule has 1 amide bonds. The lowest BCUT2D eigenvalue weighted by molar-refractivity contribution is -0.137. The van der Waals surface area contributed by atoms with E-state index in [1.165, 1.54) is 4.90 Å². The van der Waals surface area contributed by atoms with Crippen LogP contribution >= 0.6 is 0 Å². The van der Waals surface area contributed by atoms with Crippen molar-refractivity contribution >= 4 is 11.6 Å². The molecule has 104 valence electrons. The van der Waals surface area contributed by atoms with E-state index in [4.69, 9.17) is 10.5 Å². The van der Waals surface area contributed by atoms with Crippen LogP contribution < -0.4 is 5.73 Å². The van der Waals surface area contributed by atoms with Crippen LogP contribution in [0.3, 0.4) is 0 Å². The second kappa shape index (κ2) is 5.08. The summed E-state index contributed by atoms with van der Waals surface area (Å²) in [5, 5.41) is 0. The lowest BCUT2D eigenvalue weighted by Gasteiger charge is -2.27. The number of nitrogens with two attached hydrogens (primary N) is 1. The molecule has 0 radical (unpaired) electrons. The lowest BCUT2D eigenvalue weighted by atomic mass is 10.1. The third-order valence-corrected chi connectivity index (χ3v) is 2.91. The van der Waals surface area contributed by atoms with E-state index >= 15 is 0 Å². The van der Waals surface area contributed by atoms with Gasteiger partial charge in [0.25, 0.3) is 5.91 Å². The highest BCUT2D eigenvalue weighted by atomic mass is 19.4. The number of amides is 1. The van der Waals surface area contributed by atoms with Crippen LogP contribution in [0.5, 0.6) is 0 Å². The van der Waals surface area contributed by atoms with Crippen molar-refractivity contribution in [2.75, 3.05) is 32.0 Å². The first-order chi connectivity index (χ1) is 8.89. The van der Waals surface area contributed by atoms with Crippen molar-refractivity contribution in [3.8, 4) is 0 Å². The highest BCUT2D eigenvalue weighted by molar-refractivity contribution is 5.99. The molecule has 0 atom stereocenters. The molecule has 1 saturated heterocycles. The van der Waals surface area contributed by atoms with Gasteiger partial charge in [-0.3, -0.25) is 4.79 Å². The molecular weight excluding hydrogens is 261 g/mol. The number of benzene rings is 1. The zero-order valence-corrected chi connectivity index (χ0v) is 10.0. The van der Waals surface area contributed by atoms with Gasteiger partial charge in [-0.1, -0.05) is 0 Å². The Morgan fingerprint density at radius 3 is 2.47 bits per heavy atom. The number of rotatable bonds is 1. The molecule has 1 aromatic rings. The summed E-state index contributed by atoms with van der Waals surface area (Å²) >= 11 is 0. The van der Waals surface area contributed by atoms with Crippen LogP contribution in [-0.4, -0.2) is 37.1 Å². The van der Waals surface area contributed by atoms with E-state index in [-0.39, 0.29) is 11.3 Å². The van der Waals surface area contributed by atoms with Gasteiger partial charge in [0.05, 0.1) is 24.3 Å². The molecule has 0 aliphatic carbocycles. The predicted octanol–water partition coefficient (Wildman–Crippen LogP) is 1.76. The van der Waals surface area contributed by atoms with Gasteiger partial charge in [-0.25, -0.2) is 0 Å². The molecule has 4 nitrogen and oxygen atoms in total. The second-order valence-electron chi connectivity index (χ2n) is 4.20. The Morgan fingerprint density at radius 2 is 1.89 bits per heavy atom. The van der Waals surface area contributed by atoms with Gasteiger partial charge in [-0.15, -0.1) is 0 Å². The van der Waals surface area contributed by atoms with Gasteiger partial charge in [0.15, 0.2) is 0 Å². The maximum Gasteiger partial charge on any atom is 0.416 e. The van der Waals surface area contributed by atoms with Crippen LogP contribution in [0.2, 0.25) is 0 Å². The molecule has 0 saturated carbocycles. The molecule has 0 spiro atoms. The van der Waals surface area contributed by atoms with Crippen molar-refractivity contribution in [3.63, 3.8) is 0 Å². The van der Waals surface area contributed by atoms with E-state index in [1.807, 2.05) is 0 Å². The number of nitrogens with zero attached hydrogens (tertiary/aromatic N) is 1. The number of hydrogen-bond acceptors (Lipinski definition) is 3. The zero-order valence-electron chi connectivity index (χ0n) is 10.0. The third-order valence-electron chi connectivity index (χ3n) is 2.91. The number of alkyl halides is 3. The first-order valence-electron chi connectivity index (χ1n) is 5.73. The summed E-state index contributed by atoms with van der Waals surface area (Å²) in [5.74, 6) is -0.494. The Hall–Kier alpha value is -1.76. The van der Waals surface area contributed by atoms with Crippen molar-refractivity contribution in [3.05, 3.63) is 29.3 Å². The molecule has 0 unspecified atom stereocenters. The molecule has 7 heteroatoms. The lowest BCUT2D eigenvalue weighted by Crippen LogP contribution is -2.41. The number of hydrogen-bond donors (Lipinski definition) is 1. The molecule has 1 heterocycles. The van der Waals surface area contributed by atoms with Gasteiger partial charge >= 0.3 is 6.18 Å². The fraction of sp³-hybridized carbons (Fsp3) is 0.417. The fourth-order valence-electron chi connectivity index (χ4n) is 1.85. The van der Waals surface area contributed by atoms with Crippen molar-refractivity contribution in [2.45, 2.75) is 6.18 Å². The summed E-state index contributed by atoms with van der Waals surface area (Å²) in [7, 11) is 0. The van der Waals surface area contributed by atoms with Crippen molar-refractivity contribution in [2.24, 2.45) is 0 Å². The molecule has 19 heavy (non-hydrogen) atoms. The number of ether oxygens (including phenoxy) is 1. The zero-order chi connectivity index (χ0) is 14.0. The van der Waals surface area contributed by atoms with Crippen molar-refractivity contribution in [1.82, 2.24) is 4.90 Å². The predicted molar refractivity (Wildman–Crippen MR) is 62.6 cm³/mol. The van der Waals surface area contributed by atoms with Gasteiger partial charge < -0.3 is 15.4 Å². The monoisotopic (exact) mass is 274 g/mol. The van der Waals surface area contributed by atoms with E-state index in [1.54, 1.807) is 0 Å². The summed E-state index contributed by atoms with van der Waals surface area (Å²) < 4.78 is 42.9. The summed E-state index contributed by atoms with van der Waals surface area (Å²) in [4.78, 5) is 13.6. The van der Waals surface area contributed by atoms with Crippen LogP contribution in [0, 0.1) is 0 Å². The molecule has 2 rings (SSSR count). The summed E-state index contributed by atoms with van der Waals surface area (Å²) in [6, 6.07) is 2.77. The fourth-order valence-corrected chi connectivity index (χ4v) is 1.85. The highest BCUT2D eigenvalue weighted by Crippen LogP contribution is 2.31. The van der Waals surface area contributed by atoms with E-state index in [0.29, 0.717) is 26.3 Å². The Bertz CT molecular complexity index is 482. The summed E-state index contributed by atoms with van der Waals surface area (Å²) in [5.41, 5.74) is 4.65. The van der Waals surface area contributed by atoms with E-state index in [0.717, 1.165) is 18.2 Å². The van der Waals surface area contributed by atoms with Crippen molar-refractivity contribution < 1.29 is 22.7 Å². The van der Waals surface area contributed by atoms with Gasteiger partial charge in [-0.2, -0.15) is 13.2 Å². The first kappa shape index (κ1) is 13.7. The smallest absolute Gasteiger partial charge is 0.398 e. The van der Waals surface area contributed by atoms with Crippen LogP contribution in [0.4, 0.5) is 18.9 Å². The van der Waals surface area contributed by atoms with Crippen molar-refractivity contribution in [1.29, 1.82) is 0 Å². The van der Waals surface area contributed by atoms with E-state index in [9.17, 15) is 18.0 Å². The van der Waals surface area contributed by atoms with Gasteiger partial charge in [-0.05, 0) is 18.2 Å². The largest absolute Gasteiger partial charge is 0.416 e. The molecule has 2 N–H and O–H groups in total. The molecule has 1 aliphatic rings. The maximum atomic E-state index is 12.6. The number of morpholine rings is 1. The average molecular weight is 274 g/mol. The number of anilines is 1. The van der Waals surface area contributed by atoms with Crippen LogP contribution in [-0.2, 0) is 10.9 Å². The summed E-state index contributed by atoms with van der Waals surface area (Å²) in [6.45, 7) is 1.47. The normalized spacial score (nSPS) is 16.5. The van der Waals surface area contributed by atoms with Gasteiger partial charge in [0.2, 0.25) is 0 Å². The summed E-state index contributed by atoms with van der Waals surface area (Å²) in [6.07, 6.45) is -4.49. The Labute approximate surface area is 107 Å². The molecule has 1 aliphatic heterocycles. The standard InChI is InChI=1S/C12H13F3N2O2/c13-12(14,15)8-1-2-10(16)9(7-8)11(18)17-3-5-19-6-4-17/h1-2,7H,3-6,16H2. The quantitative estimate of drug-likeness (QED) is 0.794. The Morgan fingerprint density at radius 1 is 1.26 bits per heavy atom. The average Bonchev–Trinajstić information content (AvgIpc) is 2.38. The van der Waals surface area contributed by atoms with E-state index < -0.39 is 17.6 Å². The minimum absolute atomic E-state index is 0.0458. The van der Waals surface area contributed by atoms with E-state index in [2.05, 4.69) is 0 Å². The third kappa shape index (κ3) is 2.98. The van der Waals surface area contributed by atoms with Crippen LogP contribution in [0.15, 0.2) is 18.2 Å². The molecule has 0 bridgehead atoms. The van der Waals surface area contributed by atoms with Crippen LogP contribution in [0.25, 0.3) is 0 Å². The van der Waals surface area contributed by atoms with Gasteiger partial charge in [0, 0.05) is 18.8 Å². The van der Waals surface area contributed by atoms with Gasteiger partial charge in [0.1, 0.15) is 0 Å². The number of carbonyl (C=O) groups is 1. The topological polar surface area (TPSA) is 55.6 Å². The Balaban J connectivity index is 2.30. The Kier molecular flexibility index (Phi) is 3.66.